The average Bonchev–Trinajstić information content (AvgIpc) is 2.72. The molecule has 0 radical (unpaired) electrons. The predicted molar refractivity (Wildman–Crippen MR) is 90.6 cm³/mol. The summed E-state index contributed by atoms with van der Waals surface area (Å²) < 4.78 is 2.15. The Morgan fingerprint density at radius 3 is 2.65 bits per heavy atom. The van der Waals surface area contributed by atoms with Crippen LogP contribution in [0.5, 0.6) is 0 Å². The molecule has 0 atom stereocenters. The molecule has 0 saturated heterocycles. The fourth-order valence-corrected chi connectivity index (χ4v) is 3.22. The van der Waals surface area contributed by atoms with Crippen molar-refractivity contribution in [1.82, 2.24) is 9.78 Å². The van der Waals surface area contributed by atoms with Gasteiger partial charge in [0.1, 0.15) is 0 Å². The van der Waals surface area contributed by atoms with Gasteiger partial charge in [0.05, 0.1) is 15.4 Å². The van der Waals surface area contributed by atoms with Crippen LogP contribution in [0.4, 0.5) is 0 Å². The lowest BCUT2D eigenvalue weighted by molar-refractivity contribution is 0.835. The third-order valence-electron chi connectivity index (χ3n) is 2.80. The Labute approximate surface area is 132 Å². The first-order valence-electron chi connectivity index (χ1n) is 6.29. The highest BCUT2D eigenvalue weighted by atomic mass is 35.5. The normalized spacial score (nSPS) is 10.8. The van der Waals surface area contributed by atoms with E-state index in [1.165, 1.54) is 4.68 Å². The van der Waals surface area contributed by atoms with Gasteiger partial charge in [-0.2, -0.15) is 0 Å². The minimum atomic E-state index is -0.113. The van der Waals surface area contributed by atoms with Gasteiger partial charge < -0.3 is 0 Å². The molecule has 2 rings (SSSR count). The summed E-state index contributed by atoms with van der Waals surface area (Å²) in [7, 11) is 0. The van der Waals surface area contributed by atoms with E-state index in [1.54, 1.807) is 36.0 Å². The number of hydrogen-bond donors (Lipinski definition) is 1. The van der Waals surface area contributed by atoms with Gasteiger partial charge in [-0.15, -0.1) is 11.8 Å². The Hall–Kier alpha value is -1.04. The molecule has 1 aromatic heterocycles. The van der Waals surface area contributed by atoms with E-state index in [-0.39, 0.29) is 5.56 Å². The molecule has 106 valence electrons. The first kappa shape index (κ1) is 15.4. The number of aromatic amines is 1. The molecule has 3 nitrogen and oxygen atoms in total. The second kappa shape index (κ2) is 6.61. The van der Waals surface area contributed by atoms with Crippen molar-refractivity contribution in [1.29, 1.82) is 0 Å². The molecule has 0 saturated carbocycles. The second-order valence-corrected chi connectivity index (χ2v) is 6.57. The molecule has 6 heteroatoms. The molecule has 0 unspecified atom stereocenters. The zero-order valence-corrected chi connectivity index (χ0v) is 13.7. The van der Waals surface area contributed by atoms with Crippen molar-refractivity contribution in [2.45, 2.75) is 20.3 Å². The van der Waals surface area contributed by atoms with Gasteiger partial charge >= 0.3 is 0 Å². The highest BCUT2D eigenvalue weighted by Gasteiger charge is 2.16. The number of hydrogen-bond acceptors (Lipinski definition) is 3. The van der Waals surface area contributed by atoms with E-state index in [9.17, 15) is 4.79 Å². The number of nitrogens with zero attached hydrogens (tertiary/aromatic N) is 1. The molecule has 0 fully saturated rings. The molecule has 0 aliphatic heterocycles. The lowest BCUT2D eigenvalue weighted by Crippen LogP contribution is -2.19. The van der Waals surface area contributed by atoms with Gasteiger partial charge in [0.15, 0.2) is 0 Å². The molecular formula is C14H15ClN2OS2. The van der Waals surface area contributed by atoms with Gasteiger partial charge in [-0.05, 0) is 43.4 Å². The number of halogens is 1. The van der Waals surface area contributed by atoms with Crippen LogP contribution in [0.3, 0.4) is 0 Å². The van der Waals surface area contributed by atoms with Gasteiger partial charge in [0.25, 0.3) is 5.56 Å². The number of nitrogens with one attached hydrogen (secondary N) is 1. The Morgan fingerprint density at radius 1 is 1.40 bits per heavy atom. The smallest absolute Gasteiger partial charge is 0.280 e. The molecule has 0 spiro atoms. The number of H-pyrrole nitrogens is 1. The minimum absolute atomic E-state index is 0.113. The van der Waals surface area contributed by atoms with Crippen LogP contribution in [0.25, 0.3) is 5.69 Å². The third-order valence-corrected chi connectivity index (χ3v) is 4.69. The van der Waals surface area contributed by atoms with E-state index in [0.717, 1.165) is 23.6 Å². The van der Waals surface area contributed by atoms with E-state index in [1.807, 2.05) is 6.92 Å². The monoisotopic (exact) mass is 326 g/mol. The molecule has 0 bridgehead atoms. The number of thioether (sulfide) groups is 1. The highest BCUT2D eigenvalue weighted by molar-refractivity contribution is 8.23. The maximum atomic E-state index is 12.5. The van der Waals surface area contributed by atoms with Crippen LogP contribution in [0.15, 0.2) is 29.1 Å². The number of aryl methyl sites for hydroxylation is 1. The largest absolute Gasteiger partial charge is 0.295 e. The van der Waals surface area contributed by atoms with Gasteiger partial charge in [0, 0.05) is 10.7 Å². The maximum absolute atomic E-state index is 12.5. The Bertz CT molecular complexity index is 673. The summed E-state index contributed by atoms with van der Waals surface area (Å²) in [5.74, 6) is 0.920. The van der Waals surface area contributed by atoms with Gasteiger partial charge in [-0.3, -0.25) is 9.89 Å². The van der Waals surface area contributed by atoms with Crippen LogP contribution >= 0.6 is 35.6 Å². The molecule has 1 heterocycles. The molecule has 1 N–H and O–H groups in total. The number of aromatic nitrogens is 2. The molecule has 0 amide bonds. The van der Waals surface area contributed by atoms with Crippen molar-refractivity contribution in [3.63, 3.8) is 0 Å². The average molecular weight is 327 g/mol. The van der Waals surface area contributed by atoms with E-state index in [2.05, 4.69) is 12.0 Å². The zero-order valence-electron chi connectivity index (χ0n) is 11.3. The van der Waals surface area contributed by atoms with Crippen LogP contribution in [0.1, 0.15) is 24.6 Å². The summed E-state index contributed by atoms with van der Waals surface area (Å²) >= 11 is 12.8. The number of rotatable bonds is 4. The summed E-state index contributed by atoms with van der Waals surface area (Å²) in [5.41, 5.74) is 2.02. The van der Waals surface area contributed by atoms with Crippen LogP contribution < -0.4 is 5.56 Å². The van der Waals surface area contributed by atoms with Crippen molar-refractivity contribution < 1.29 is 0 Å². The van der Waals surface area contributed by atoms with E-state index in [4.69, 9.17) is 23.8 Å². The molecule has 0 aliphatic carbocycles. The highest BCUT2D eigenvalue weighted by Crippen LogP contribution is 2.17. The Kier molecular flexibility index (Phi) is 5.07. The summed E-state index contributed by atoms with van der Waals surface area (Å²) in [6, 6.07) is 7.10. The number of benzene rings is 1. The lowest BCUT2D eigenvalue weighted by atomic mass is 10.3. The fourth-order valence-electron chi connectivity index (χ4n) is 1.83. The quantitative estimate of drug-likeness (QED) is 0.865. The maximum Gasteiger partial charge on any atom is 0.280 e. The first-order chi connectivity index (χ1) is 9.54. The first-order valence-corrected chi connectivity index (χ1v) is 8.06. The van der Waals surface area contributed by atoms with Crippen molar-refractivity contribution in [2.75, 3.05) is 5.75 Å². The topological polar surface area (TPSA) is 37.8 Å². The van der Waals surface area contributed by atoms with Crippen molar-refractivity contribution >= 4 is 39.8 Å². The minimum Gasteiger partial charge on any atom is -0.295 e. The van der Waals surface area contributed by atoms with E-state index < -0.39 is 0 Å². The van der Waals surface area contributed by atoms with Crippen molar-refractivity contribution in [3.8, 4) is 5.69 Å². The fraction of sp³-hybridized carbons (Fsp3) is 0.286. The Morgan fingerprint density at radius 2 is 2.05 bits per heavy atom. The molecular weight excluding hydrogens is 312 g/mol. The summed E-state index contributed by atoms with van der Waals surface area (Å²) in [4.78, 5) is 12.5. The molecule has 20 heavy (non-hydrogen) atoms. The SMILES string of the molecule is CCCSC(=S)c1c(C)[nH]n(-c2ccc(Cl)cc2)c1=O. The lowest BCUT2D eigenvalue weighted by Gasteiger charge is -2.01. The van der Waals surface area contributed by atoms with Crippen LogP contribution in [-0.2, 0) is 0 Å². The summed E-state index contributed by atoms with van der Waals surface area (Å²) in [6.07, 6.45) is 1.03. The van der Waals surface area contributed by atoms with Gasteiger partial charge in [0.2, 0.25) is 0 Å². The van der Waals surface area contributed by atoms with Crippen molar-refractivity contribution in [2.24, 2.45) is 0 Å². The summed E-state index contributed by atoms with van der Waals surface area (Å²) in [6.45, 7) is 3.95. The second-order valence-electron chi connectivity index (χ2n) is 4.36. The van der Waals surface area contributed by atoms with Crippen LogP contribution in [0.2, 0.25) is 5.02 Å². The molecule has 1 aromatic carbocycles. The standard InChI is InChI=1S/C14H15ClN2OS2/c1-3-8-20-14(19)12-9(2)16-17(13(12)18)11-6-4-10(15)5-7-11/h4-7,16H,3,8H2,1-2H3. The van der Waals surface area contributed by atoms with Crippen LogP contribution in [-0.4, -0.2) is 19.7 Å². The van der Waals surface area contributed by atoms with Crippen molar-refractivity contribution in [3.05, 3.63) is 50.9 Å². The van der Waals surface area contributed by atoms with Gasteiger partial charge in [-0.1, -0.05) is 30.7 Å². The number of thiocarbonyl (C=S) groups is 1. The zero-order chi connectivity index (χ0) is 14.7. The van der Waals surface area contributed by atoms with E-state index >= 15 is 0 Å². The molecule has 2 aromatic rings. The third kappa shape index (κ3) is 3.16. The summed E-state index contributed by atoms with van der Waals surface area (Å²) in [5, 5.41) is 3.70. The van der Waals surface area contributed by atoms with Gasteiger partial charge in [-0.25, -0.2) is 4.68 Å². The van der Waals surface area contributed by atoms with E-state index in [0.29, 0.717) is 14.8 Å². The molecule has 0 aliphatic rings. The van der Waals surface area contributed by atoms with Crippen LogP contribution in [0, 0.1) is 6.92 Å². The Balaban J connectivity index is 2.41. The predicted octanol–water partition coefficient (Wildman–Crippen LogP) is 3.95.